The molecule has 0 radical (unpaired) electrons. The van der Waals surface area contributed by atoms with Crippen LogP contribution >= 0.6 is 0 Å². The van der Waals surface area contributed by atoms with Crippen LogP contribution in [-0.2, 0) is 0 Å². The van der Waals surface area contributed by atoms with Crippen molar-refractivity contribution in [2.45, 2.75) is 20.8 Å². The Kier molecular flexibility index (Phi) is 5.56. The number of hydrazine groups is 1. The highest BCUT2D eigenvalue weighted by molar-refractivity contribution is 5.79. The van der Waals surface area contributed by atoms with Crippen LogP contribution in [0.5, 0.6) is 0 Å². The van der Waals surface area contributed by atoms with Crippen LogP contribution in [0.25, 0.3) is 0 Å². The van der Waals surface area contributed by atoms with Crippen LogP contribution in [0.2, 0.25) is 0 Å². The first-order valence-corrected chi connectivity index (χ1v) is 4.06. The monoisotopic (exact) mass is 158 g/mol. The predicted octanol–water partition coefficient (Wildman–Crippen LogP) is 0.167. The summed E-state index contributed by atoms with van der Waals surface area (Å²) in [6.45, 7) is 8.76. The van der Waals surface area contributed by atoms with Crippen molar-refractivity contribution in [3.63, 3.8) is 0 Å². The standard InChI is InChI=1S/C7H18N4/c1-4-9-7(10-8)11(5-2)6-3/h4-6,8H2,1-3H3,(H,9,10). The van der Waals surface area contributed by atoms with Crippen LogP contribution in [-0.4, -0.2) is 30.5 Å². The smallest absolute Gasteiger partial charge is 0.208 e. The number of hydrogen-bond donors (Lipinski definition) is 2. The molecule has 0 amide bonds. The number of aliphatic imine (C=N–C) groups is 1. The molecule has 0 rings (SSSR count). The fraction of sp³-hybridized carbons (Fsp3) is 0.857. The van der Waals surface area contributed by atoms with Crippen LogP contribution in [0.3, 0.4) is 0 Å². The van der Waals surface area contributed by atoms with Crippen LogP contribution in [0.15, 0.2) is 4.99 Å². The minimum Gasteiger partial charge on any atom is -0.342 e. The predicted molar refractivity (Wildman–Crippen MR) is 48.2 cm³/mol. The van der Waals surface area contributed by atoms with Gasteiger partial charge in [0.2, 0.25) is 5.96 Å². The molecule has 4 nitrogen and oxygen atoms in total. The number of nitrogens with zero attached hydrogens (tertiary/aromatic N) is 2. The second kappa shape index (κ2) is 5.97. The quantitative estimate of drug-likeness (QED) is 0.266. The molecule has 3 N–H and O–H groups in total. The van der Waals surface area contributed by atoms with Gasteiger partial charge in [0.1, 0.15) is 0 Å². The first-order valence-electron chi connectivity index (χ1n) is 4.06. The lowest BCUT2D eigenvalue weighted by molar-refractivity contribution is 0.446. The summed E-state index contributed by atoms with van der Waals surface area (Å²) < 4.78 is 0. The van der Waals surface area contributed by atoms with Crippen molar-refractivity contribution in [3.05, 3.63) is 0 Å². The molecule has 0 aliphatic carbocycles. The van der Waals surface area contributed by atoms with Gasteiger partial charge in [-0.2, -0.15) is 0 Å². The van der Waals surface area contributed by atoms with Crippen LogP contribution in [0.1, 0.15) is 20.8 Å². The van der Waals surface area contributed by atoms with E-state index in [1.165, 1.54) is 0 Å². The largest absolute Gasteiger partial charge is 0.342 e. The summed E-state index contributed by atoms with van der Waals surface area (Å²) in [4.78, 5) is 6.26. The van der Waals surface area contributed by atoms with E-state index in [9.17, 15) is 0 Å². The van der Waals surface area contributed by atoms with E-state index in [1.54, 1.807) is 0 Å². The molecule has 0 fully saturated rings. The lowest BCUT2D eigenvalue weighted by atomic mass is 10.5. The molecule has 0 bridgehead atoms. The van der Waals surface area contributed by atoms with Gasteiger partial charge in [-0.1, -0.05) is 0 Å². The third-order valence-corrected chi connectivity index (χ3v) is 1.50. The summed E-state index contributed by atoms with van der Waals surface area (Å²) in [5.41, 5.74) is 2.58. The third kappa shape index (κ3) is 3.23. The van der Waals surface area contributed by atoms with E-state index in [0.717, 1.165) is 25.6 Å². The van der Waals surface area contributed by atoms with E-state index in [2.05, 4.69) is 29.2 Å². The van der Waals surface area contributed by atoms with Crippen LogP contribution < -0.4 is 11.3 Å². The van der Waals surface area contributed by atoms with Crippen molar-refractivity contribution in [1.82, 2.24) is 10.3 Å². The maximum Gasteiger partial charge on any atom is 0.208 e. The highest BCUT2D eigenvalue weighted by Crippen LogP contribution is 1.87. The van der Waals surface area contributed by atoms with Crippen LogP contribution in [0.4, 0.5) is 0 Å². The van der Waals surface area contributed by atoms with Crippen molar-refractivity contribution in [3.8, 4) is 0 Å². The van der Waals surface area contributed by atoms with E-state index in [1.807, 2.05) is 6.92 Å². The molecule has 66 valence electrons. The molecular formula is C7H18N4. The molecule has 0 aromatic rings. The fourth-order valence-electron chi connectivity index (χ4n) is 0.910. The topological polar surface area (TPSA) is 53.6 Å². The molecule has 4 heteroatoms. The summed E-state index contributed by atoms with van der Waals surface area (Å²) >= 11 is 0. The van der Waals surface area contributed by atoms with Gasteiger partial charge in [-0.25, -0.2) is 5.84 Å². The molecule has 0 aromatic carbocycles. The van der Waals surface area contributed by atoms with Gasteiger partial charge in [-0.05, 0) is 20.8 Å². The average molecular weight is 158 g/mol. The maximum atomic E-state index is 5.29. The number of nitrogens with one attached hydrogen (secondary N) is 1. The number of nitrogens with two attached hydrogens (primary N) is 1. The minimum atomic E-state index is 0.760. The molecule has 0 saturated heterocycles. The van der Waals surface area contributed by atoms with E-state index < -0.39 is 0 Å². The van der Waals surface area contributed by atoms with Crippen molar-refractivity contribution >= 4 is 5.96 Å². The summed E-state index contributed by atoms with van der Waals surface area (Å²) in [5, 5.41) is 0. The number of guanidine groups is 1. The van der Waals surface area contributed by atoms with E-state index in [0.29, 0.717) is 0 Å². The van der Waals surface area contributed by atoms with Crippen LogP contribution in [0, 0.1) is 0 Å². The lowest BCUT2D eigenvalue weighted by Gasteiger charge is -2.21. The Hall–Kier alpha value is -0.770. The van der Waals surface area contributed by atoms with Gasteiger partial charge in [0, 0.05) is 19.6 Å². The van der Waals surface area contributed by atoms with Crippen molar-refractivity contribution in [2.24, 2.45) is 10.8 Å². The molecule has 0 unspecified atom stereocenters. The van der Waals surface area contributed by atoms with Crippen molar-refractivity contribution in [1.29, 1.82) is 0 Å². The second-order valence-corrected chi connectivity index (χ2v) is 2.11. The van der Waals surface area contributed by atoms with Crippen molar-refractivity contribution in [2.75, 3.05) is 19.6 Å². The molecule has 11 heavy (non-hydrogen) atoms. The SMILES string of the molecule is CCN=C(NN)N(CC)CC. The Morgan fingerprint density at radius 3 is 2.18 bits per heavy atom. The highest BCUT2D eigenvalue weighted by atomic mass is 15.4. The molecule has 0 saturated carbocycles. The first-order chi connectivity index (χ1) is 5.29. The third-order valence-electron chi connectivity index (χ3n) is 1.50. The Morgan fingerprint density at radius 2 is 1.91 bits per heavy atom. The van der Waals surface area contributed by atoms with E-state index in [-0.39, 0.29) is 0 Å². The zero-order valence-corrected chi connectivity index (χ0v) is 7.59. The van der Waals surface area contributed by atoms with E-state index >= 15 is 0 Å². The Morgan fingerprint density at radius 1 is 1.36 bits per heavy atom. The molecule has 0 heterocycles. The molecular weight excluding hydrogens is 140 g/mol. The summed E-state index contributed by atoms with van der Waals surface area (Å²) in [5.74, 6) is 6.06. The summed E-state index contributed by atoms with van der Waals surface area (Å²) in [6.07, 6.45) is 0. The van der Waals surface area contributed by atoms with Gasteiger partial charge >= 0.3 is 0 Å². The zero-order valence-electron chi connectivity index (χ0n) is 7.59. The zero-order chi connectivity index (χ0) is 8.69. The van der Waals surface area contributed by atoms with Crippen molar-refractivity contribution < 1.29 is 0 Å². The number of rotatable bonds is 3. The second-order valence-electron chi connectivity index (χ2n) is 2.11. The fourth-order valence-corrected chi connectivity index (χ4v) is 0.910. The van der Waals surface area contributed by atoms with Gasteiger partial charge in [0.25, 0.3) is 0 Å². The summed E-state index contributed by atoms with van der Waals surface area (Å²) in [6, 6.07) is 0. The Labute approximate surface area is 68.4 Å². The highest BCUT2D eigenvalue weighted by Gasteiger charge is 2.02. The Bertz CT molecular complexity index is 118. The van der Waals surface area contributed by atoms with Gasteiger partial charge in [-0.15, -0.1) is 0 Å². The first kappa shape index (κ1) is 10.2. The molecule has 0 atom stereocenters. The van der Waals surface area contributed by atoms with Gasteiger partial charge in [-0.3, -0.25) is 10.4 Å². The molecule has 0 aliphatic heterocycles. The Balaban J connectivity index is 4.09. The molecule has 0 aliphatic rings. The van der Waals surface area contributed by atoms with E-state index in [4.69, 9.17) is 5.84 Å². The lowest BCUT2D eigenvalue weighted by Crippen LogP contribution is -2.44. The average Bonchev–Trinajstić information content (AvgIpc) is 2.05. The van der Waals surface area contributed by atoms with Gasteiger partial charge < -0.3 is 4.90 Å². The molecule has 0 aromatic heterocycles. The minimum absolute atomic E-state index is 0.760. The molecule has 0 spiro atoms. The normalized spacial score (nSPS) is 11.5. The summed E-state index contributed by atoms with van der Waals surface area (Å²) in [7, 11) is 0. The van der Waals surface area contributed by atoms with Gasteiger partial charge in [0.05, 0.1) is 0 Å². The van der Waals surface area contributed by atoms with Gasteiger partial charge in [0.15, 0.2) is 0 Å². The maximum absolute atomic E-state index is 5.29. The number of hydrogen-bond acceptors (Lipinski definition) is 2.